The van der Waals surface area contributed by atoms with Gasteiger partial charge in [-0.2, -0.15) is 0 Å². The molecule has 20 heavy (non-hydrogen) atoms. The number of nitrogens with two attached hydrogens (primary N) is 1. The van der Waals surface area contributed by atoms with Gasteiger partial charge in [0.05, 0.1) is 6.10 Å². The molecule has 0 fully saturated rings. The van der Waals surface area contributed by atoms with Crippen LogP contribution < -0.4 is 5.73 Å². The summed E-state index contributed by atoms with van der Waals surface area (Å²) in [6.07, 6.45) is 4.57. The lowest BCUT2D eigenvalue weighted by atomic mass is 9.94. The highest BCUT2D eigenvalue weighted by Crippen LogP contribution is 2.30. The van der Waals surface area contributed by atoms with Crippen molar-refractivity contribution in [3.05, 3.63) is 53.4 Å². The van der Waals surface area contributed by atoms with E-state index in [0.717, 1.165) is 12.0 Å². The molecule has 106 valence electrons. The monoisotopic (exact) mass is 275 g/mol. The fourth-order valence-electron chi connectivity index (χ4n) is 2.27. The molecule has 1 atom stereocenters. The van der Waals surface area contributed by atoms with Gasteiger partial charge in [0, 0.05) is 6.42 Å². The molecule has 1 aliphatic rings. The lowest BCUT2D eigenvalue weighted by Crippen LogP contribution is -2.12. The second-order valence-corrected chi connectivity index (χ2v) is 4.91. The maximum absolute atomic E-state index is 13.7. The topological polar surface area (TPSA) is 63.3 Å². The molecule has 0 aliphatic heterocycles. The van der Waals surface area contributed by atoms with Crippen LogP contribution in [0.5, 0.6) is 0 Å². The lowest BCUT2D eigenvalue weighted by molar-refractivity contribution is -0.118. The molecule has 0 spiro atoms. The Hall–Kier alpha value is -1.94. The zero-order valence-corrected chi connectivity index (χ0v) is 11.2. The average molecular weight is 275 g/mol. The van der Waals surface area contributed by atoms with Crippen LogP contribution in [0.3, 0.4) is 0 Å². The quantitative estimate of drug-likeness (QED) is 0.867. The maximum Gasteiger partial charge on any atom is 0.217 e. The first-order chi connectivity index (χ1) is 9.58. The van der Waals surface area contributed by atoms with Crippen molar-refractivity contribution in [1.82, 2.24) is 0 Å². The van der Waals surface area contributed by atoms with Gasteiger partial charge in [0.2, 0.25) is 5.91 Å². The van der Waals surface area contributed by atoms with Crippen LogP contribution in [0.4, 0.5) is 4.39 Å². The van der Waals surface area contributed by atoms with Gasteiger partial charge >= 0.3 is 0 Å². The van der Waals surface area contributed by atoms with Gasteiger partial charge in [0.25, 0.3) is 0 Å². The number of hydrogen-bond acceptors (Lipinski definition) is 2. The molecule has 0 aromatic heterocycles. The van der Waals surface area contributed by atoms with Crippen molar-refractivity contribution in [3.8, 4) is 0 Å². The first-order valence-corrected chi connectivity index (χ1v) is 6.70. The number of hydrogen-bond donors (Lipinski definition) is 2. The van der Waals surface area contributed by atoms with E-state index < -0.39 is 12.0 Å². The summed E-state index contributed by atoms with van der Waals surface area (Å²) in [6.45, 7) is 0. The standard InChI is InChI=1S/C16H18FNO2/c17-14-4-2-1-3-13(14)11-5-7-12(8-6-11)15(19)9-10-16(18)20/h2,4-8,15,19H,1,3,9-10H2,(H2,18,20). The summed E-state index contributed by atoms with van der Waals surface area (Å²) in [7, 11) is 0. The van der Waals surface area contributed by atoms with Crippen LogP contribution in [0.1, 0.15) is 42.9 Å². The Morgan fingerprint density at radius 2 is 2.05 bits per heavy atom. The minimum absolute atomic E-state index is 0.146. The zero-order valence-electron chi connectivity index (χ0n) is 11.2. The van der Waals surface area contributed by atoms with E-state index in [2.05, 4.69) is 0 Å². The Morgan fingerprint density at radius 1 is 1.35 bits per heavy atom. The van der Waals surface area contributed by atoms with Gasteiger partial charge in [-0.3, -0.25) is 4.79 Å². The van der Waals surface area contributed by atoms with E-state index in [1.54, 1.807) is 24.3 Å². The Labute approximate surface area is 117 Å². The van der Waals surface area contributed by atoms with Crippen LogP contribution in [0.2, 0.25) is 0 Å². The number of amides is 1. The summed E-state index contributed by atoms with van der Waals surface area (Å²) in [6, 6.07) is 7.13. The third-order valence-electron chi connectivity index (χ3n) is 3.42. The van der Waals surface area contributed by atoms with E-state index in [1.165, 1.54) is 6.08 Å². The summed E-state index contributed by atoms with van der Waals surface area (Å²) < 4.78 is 13.7. The van der Waals surface area contributed by atoms with E-state index in [4.69, 9.17) is 5.73 Å². The molecular weight excluding hydrogens is 257 g/mol. The Morgan fingerprint density at radius 3 is 2.65 bits per heavy atom. The summed E-state index contributed by atoms with van der Waals surface area (Å²) in [4.78, 5) is 10.7. The second kappa shape index (κ2) is 6.48. The highest BCUT2D eigenvalue weighted by atomic mass is 19.1. The van der Waals surface area contributed by atoms with Gasteiger partial charge in [-0.05, 0) is 42.0 Å². The van der Waals surface area contributed by atoms with Gasteiger partial charge in [-0.15, -0.1) is 0 Å². The van der Waals surface area contributed by atoms with Gasteiger partial charge in [0.15, 0.2) is 0 Å². The van der Waals surface area contributed by atoms with E-state index in [1.807, 2.05) is 6.08 Å². The third kappa shape index (κ3) is 3.54. The molecule has 1 aliphatic carbocycles. The van der Waals surface area contributed by atoms with Crippen molar-refractivity contribution in [2.75, 3.05) is 0 Å². The molecule has 0 saturated heterocycles. The van der Waals surface area contributed by atoms with Crippen molar-refractivity contribution < 1.29 is 14.3 Å². The molecule has 0 saturated carbocycles. The van der Waals surface area contributed by atoms with Crippen molar-refractivity contribution in [1.29, 1.82) is 0 Å². The SMILES string of the molecule is NC(=O)CCC(O)c1ccc(C2=C(F)C=CCC2)cc1. The van der Waals surface area contributed by atoms with Gasteiger partial charge in [-0.1, -0.05) is 30.3 Å². The predicted octanol–water partition coefficient (Wildman–Crippen LogP) is 3.02. The summed E-state index contributed by atoms with van der Waals surface area (Å²) in [5.74, 6) is -0.625. The number of carbonyl (C=O) groups excluding carboxylic acids is 1. The first-order valence-electron chi connectivity index (χ1n) is 6.70. The van der Waals surface area contributed by atoms with E-state index in [0.29, 0.717) is 24.0 Å². The normalized spacial score (nSPS) is 16.3. The number of allylic oxidation sites excluding steroid dienone is 4. The van der Waals surface area contributed by atoms with Gasteiger partial charge in [-0.25, -0.2) is 4.39 Å². The van der Waals surface area contributed by atoms with E-state index >= 15 is 0 Å². The van der Waals surface area contributed by atoms with Crippen LogP contribution in [0, 0.1) is 0 Å². The van der Waals surface area contributed by atoms with Crippen LogP contribution in [-0.2, 0) is 4.79 Å². The molecule has 1 unspecified atom stereocenters. The number of primary amides is 1. The lowest BCUT2D eigenvalue weighted by Gasteiger charge is -2.14. The summed E-state index contributed by atoms with van der Waals surface area (Å²) in [5, 5.41) is 9.92. The molecule has 1 aromatic carbocycles. The third-order valence-corrected chi connectivity index (χ3v) is 3.42. The molecular formula is C16H18FNO2. The smallest absolute Gasteiger partial charge is 0.217 e. The fraction of sp³-hybridized carbons (Fsp3) is 0.312. The van der Waals surface area contributed by atoms with Crippen molar-refractivity contribution in [2.24, 2.45) is 5.73 Å². The highest BCUT2D eigenvalue weighted by Gasteiger charge is 2.12. The molecule has 2 rings (SSSR count). The van der Waals surface area contributed by atoms with Gasteiger partial charge < -0.3 is 10.8 Å². The highest BCUT2D eigenvalue weighted by molar-refractivity contribution is 5.73. The number of aliphatic hydroxyl groups excluding tert-OH is 1. The molecule has 3 N–H and O–H groups in total. The van der Waals surface area contributed by atoms with Crippen LogP contribution in [0.15, 0.2) is 42.2 Å². The average Bonchev–Trinajstić information content (AvgIpc) is 2.45. The number of benzene rings is 1. The molecule has 0 heterocycles. The van der Waals surface area contributed by atoms with Gasteiger partial charge in [0.1, 0.15) is 5.83 Å². The molecule has 1 amide bonds. The number of halogens is 1. The molecule has 0 radical (unpaired) electrons. The molecule has 3 nitrogen and oxygen atoms in total. The summed E-state index contributed by atoms with van der Waals surface area (Å²) in [5.41, 5.74) is 7.29. The van der Waals surface area contributed by atoms with Crippen molar-refractivity contribution in [2.45, 2.75) is 31.8 Å². The van der Waals surface area contributed by atoms with E-state index in [-0.39, 0.29) is 12.2 Å². The predicted molar refractivity (Wildman–Crippen MR) is 76.2 cm³/mol. The first kappa shape index (κ1) is 14.5. The van der Waals surface area contributed by atoms with Crippen LogP contribution in [-0.4, -0.2) is 11.0 Å². The molecule has 0 bridgehead atoms. The Bertz CT molecular complexity index is 546. The number of carbonyl (C=O) groups is 1. The minimum Gasteiger partial charge on any atom is -0.388 e. The van der Waals surface area contributed by atoms with Crippen molar-refractivity contribution in [3.63, 3.8) is 0 Å². The molecule has 1 aromatic rings. The van der Waals surface area contributed by atoms with Crippen LogP contribution in [0.25, 0.3) is 5.57 Å². The fourth-order valence-corrected chi connectivity index (χ4v) is 2.27. The van der Waals surface area contributed by atoms with E-state index in [9.17, 15) is 14.3 Å². The maximum atomic E-state index is 13.7. The largest absolute Gasteiger partial charge is 0.388 e. The second-order valence-electron chi connectivity index (χ2n) is 4.91. The summed E-state index contributed by atoms with van der Waals surface area (Å²) >= 11 is 0. The number of aliphatic hydroxyl groups is 1. The zero-order chi connectivity index (χ0) is 14.5. The number of rotatable bonds is 5. The Kier molecular flexibility index (Phi) is 4.69. The van der Waals surface area contributed by atoms with Crippen LogP contribution >= 0.6 is 0 Å². The Balaban J connectivity index is 2.10. The molecule has 4 heteroatoms. The van der Waals surface area contributed by atoms with Crippen molar-refractivity contribution >= 4 is 11.5 Å². The minimum atomic E-state index is -0.721.